The summed E-state index contributed by atoms with van der Waals surface area (Å²) in [5.74, 6) is 0.527. The van der Waals surface area contributed by atoms with E-state index in [2.05, 4.69) is 5.32 Å². The Hall–Kier alpha value is -2.02. The van der Waals surface area contributed by atoms with Crippen LogP contribution < -0.4 is 10.1 Å². The minimum absolute atomic E-state index is 0.0172. The molecule has 0 saturated heterocycles. The van der Waals surface area contributed by atoms with Crippen LogP contribution in [0.1, 0.15) is 21.5 Å². The lowest BCUT2D eigenvalue weighted by atomic mass is 10.0. The molecule has 1 rings (SSSR count). The summed E-state index contributed by atoms with van der Waals surface area (Å²) in [7, 11) is 1.59. The van der Waals surface area contributed by atoms with Crippen molar-refractivity contribution in [3.05, 3.63) is 28.8 Å². The van der Waals surface area contributed by atoms with Gasteiger partial charge in [0, 0.05) is 5.56 Å². The molecule has 0 bridgehead atoms. The van der Waals surface area contributed by atoms with Gasteiger partial charge in [0.15, 0.2) is 0 Å². The van der Waals surface area contributed by atoms with Crippen molar-refractivity contribution in [2.45, 2.75) is 13.8 Å². The highest BCUT2D eigenvalue weighted by atomic mass is 16.5. The highest BCUT2D eigenvalue weighted by molar-refractivity contribution is 5.96. The minimum Gasteiger partial charge on any atom is -0.496 e. The van der Waals surface area contributed by atoms with E-state index in [1.54, 1.807) is 13.2 Å². The second kappa shape index (κ2) is 5.17. The zero-order valence-electron chi connectivity index (χ0n) is 9.63. The van der Waals surface area contributed by atoms with Gasteiger partial charge in [-0.2, -0.15) is 5.26 Å². The van der Waals surface area contributed by atoms with Gasteiger partial charge in [0.1, 0.15) is 12.3 Å². The van der Waals surface area contributed by atoms with Crippen LogP contribution in [-0.2, 0) is 0 Å². The average Bonchev–Trinajstić information content (AvgIpc) is 2.28. The van der Waals surface area contributed by atoms with Crippen molar-refractivity contribution >= 4 is 5.91 Å². The Morgan fingerprint density at radius 2 is 2.12 bits per heavy atom. The van der Waals surface area contributed by atoms with E-state index < -0.39 is 0 Å². The fraction of sp³-hybridized carbons (Fsp3) is 0.333. The topological polar surface area (TPSA) is 62.1 Å². The molecule has 84 valence electrons. The summed E-state index contributed by atoms with van der Waals surface area (Å²) in [6, 6.07) is 5.45. The number of ether oxygens (including phenoxy) is 1. The van der Waals surface area contributed by atoms with Gasteiger partial charge in [-0.25, -0.2) is 0 Å². The molecule has 0 aliphatic carbocycles. The first kappa shape index (κ1) is 12.1. The van der Waals surface area contributed by atoms with Crippen molar-refractivity contribution in [2.24, 2.45) is 0 Å². The zero-order chi connectivity index (χ0) is 12.1. The highest BCUT2D eigenvalue weighted by Gasteiger charge is 2.11. The molecule has 0 aliphatic heterocycles. The summed E-state index contributed by atoms with van der Waals surface area (Å²) in [6.07, 6.45) is 0. The van der Waals surface area contributed by atoms with E-state index in [-0.39, 0.29) is 12.5 Å². The van der Waals surface area contributed by atoms with Gasteiger partial charge < -0.3 is 10.1 Å². The summed E-state index contributed by atoms with van der Waals surface area (Å²) in [6.45, 7) is 3.73. The maximum Gasteiger partial charge on any atom is 0.252 e. The number of nitrogens with one attached hydrogen (secondary N) is 1. The van der Waals surface area contributed by atoms with E-state index in [4.69, 9.17) is 10.00 Å². The molecule has 0 spiro atoms. The molecule has 0 saturated carbocycles. The number of nitrogens with zero attached hydrogens (tertiary/aromatic N) is 1. The molecule has 1 aromatic carbocycles. The van der Waals surface area contributed by atoms with E-state index in [0.717, 1.165) is 16.9 Å². The lowest BCUT2D eigenvalue weighted by Crippen LogP contribution is -2.24. The number of rotatable bonds is 3. The van der Waals surface area contributed by atoms with Crippen LogP contribution in [-0.4, -0.2) is 19.6 Å². The van der Waals surface area contributed by atoms with Crippen LogP contribution in [0.4, 0.5) is 0 Å². The van der Waals surface area contributed by atoms with Crippen LogP contribution in [0.3, 0.4) is 0 Å². The normalized spacial score (nSPS) is 9.38. The molecule has 0 aliphatic rings. The minimum atomic E-state index is -0.232. The van der Waals surface area contributed by atoms with Crippen molar-refractivity contribution in [1.29, 1.82) is 5.26 Å². The predicted octanol–water partition coefficient (Wildman–Crippen LogP) is 1.57. The molecule has 1 N–H and O–H groups in total. The van der Waals surface area contributed by atoms with Gasteiger partial charge >= 0.3 is 0 Å². The maximum atomic E-state index is 11.7. The van der Waals surface area contributed by atoms with Crippen LogP contribution in [0.2, 0.25) is 0 Å². The van der Waals surface area contributed by atoms with Gasteiger partial charge in [0.2, 0.25) is 0 Å². The van der Waals surface area contributed by atoms with Crippen molar-refractivity contribution in [1.82, 2.24) is 5.32 Å². The second-order valence-electron chi connectivity index (χ2n) is 3.48. The number of carbonyl (C=O) groups excluding carboxylic acids is 1. The average molecular weight is 218 g/mol. The Bertz CT molecular complexity index is 447. The summed E-state index contributed by atoms with van der Waals surface area (Å²) in [5, 5.41) is 10.9. The molecule has 0 unspecified atom stereocenters. The van der Waals surface area contributed by atoms with Gasteiger partial charge in [0.05, 0.1) is 13.2 Å². The van der Waals surface area contributed by atoms with E-state index in [0.29, 0.717) is 5.56 Å². The third-order valence-corrected chi connectivity index (χ3v) is 2.31. The molecule has 0 fully saturated rings. The van der Waals surface area contributed by atoms with Crippen LogP contribution >= 0.6 is 0 Å². The number of carbonyl (C=O) groups is 1. The van der Waals surface area contributed by atoms with Gasteiger partial charge in [-0.05, 0) is 37.1 Å². The smallest absolute Gasteiger partial charge is 0.252 e. The van der Waals surface area contributed by atoms with Crippen LogP contribution in [0, 0.1) is 25.2 Å². The lowest BCUT2D eigenvalue weighted by Gasteiger charge is -2.10. The zero-order valence-corrected chi connectivity index (χ0v) is 9.63. The van der Waals surface area contributed by atoms with Gasteiger partial charge in [-0.3, -0.25) is 4.79 Å². The van der Waals surface area contributed by atoms with E-state index in [9.17, 15) is 4.79 Å². The third kappa shape index (κ3) is 2.51. The summed E-state index contributed by atoms with van der Waals surface area (Å²) in [5.41, 5.74) is 2.31. The summed E-state index contributed by atoms with van der Waals surface area (Å²) >= 11 is 0. The molecule has 1 aromatic rings. The van der Waals surface area contributed by atoms with Crippen LogP contribution in [0.5, 0.6) is 5.75 Å². The standard InChI is InChI=1S/C12H14N2O2/c1-8-7-11(16-3)9(2)6-10(8)12(15)14-5-4-13/h6-7H,5H2,1-3H3,(H,14,15). The fourth-order valence-electron chi connectivity index (χ4n) is 1.47. The van der Waals surface area contributed by atoms with E-state index in [1.807, 2.05) is 26.0 Å². The molecule has 4 nitrogen and oxygen atoms in total. The highest BCUT2D eigenvalue weighted by Crippen LogP contribution is 2.22. The summed E-state index contributed by atoms with van der Waals surface area (Å²) < 4.78 is 5.16. The van der Waals surface area contributed by atoms with Crippen molar-refractivity contribution in [3.63, 3.8) is 0 Å². The molecular formula is C12H14N2O2. The molecular weight excluding hydrogens is 204 g/mol. The van der Waals surface area contributed by atoms with Crippen molar-refractivity contribution in [3.8, 4) is 11.8 Å². The van der Waals surface area contributed by atoms with Gasteiger partial charge in [-0.1, -0.05) is 0 Å². The molecule has 0 atom stereocenters. The Labute approximate surface area is 94.8 Å². The molecule has 0 radical (unpaired) electrons. The van der Waals surface area contributed by atoms with Gasteiger partial charge in [0.25, 0.3) is 5.91 Å². The number of benzene rings is 1. The first-order chi connectivity index (χ1) is 7.60. The van der Waals surface area contributed by atoms with Gasteiger partial charge in [-0.15, -0.1) is 0 Å². The molecule has 16 heavy (non-hydrogen) atoms. The predicted molar refractivity (Wildman–Crippen MR) is 60.4 cm³/mol. The quantitative estimate of drug-likeness (QED) is 0.783. The lowest BCUT2D eigenvalue weighted by molar-refractivity contribution is 0.0958. The molecule has 1 amide bonds. The largest absolute Gasteiger partial charge is 0.496 e. The molecule has 4 heteroatoms. The van der Waals surface area contributed by atoms with Crippen LogP contribution in [0.15, 0.2) is 12.1 Å². The third-order valence-electron chi connectivity index (χ3n) is 2.31. The number of hydrogen-bond donors (Lipinski definition) is 1. The number of nitriles is 1. The summed E-state index contributed by atoms with van der Waals surface area (Å²) in [4.78, 5) is 11.7. The fourth-order valence-corrected chi connectivity index (χ4v) is 1.47. The number of methoxy groups -OCH3 is 1. The van der Waals surface area contributed by atoms with E-state index in [1.165, 1.54) is 0 Å². The Balaban J connectivity index is 3.02. The van der Waals surface area contributed by atoms with E-state index >= 15 is 0 Å². The first-order valence-corrected chi connectivity index (χ1v) is 4.90. The number of amides is 1. The number of hydrogen-bond acceptors (Lipinski definition) is 3. The Morgan fingerprint density at radius 3 is 2.69 bits per heavy atom. The monoisotopic (exact) mass is 218 g/mol. The second-order valence-corrected chi connectivity index (χ2v) is 3.48. The maximum absolute atomic E-state index is 11.7. The Kier molecular flexibility index (Phi) is 3.90. The molecule has 0 aromatic heterocycles. The Morgan fingerprint density at radius 1 is 1.44 bits per heavy atom. The molecule has 0 heterocycles. The van der Waals surface area contributed by atoms with Crippen LogP contribution in [0.25, 0.3) is 0 Å². The number of aryl methyl sites for hydroxylation is 2. The first-order valence-electron chi connectivity index (χ1n) is 4.90. The van der Waals surface area contributed by atoms with Crippen molar-refractivity contribution < 1.29 is 9.53 Å². The van der Waals surface area contributed by atoms with Crippen molar-refractivity contribution in [2.75, 3.05) is 13.7 Å². The SMILES string of the molecule is COc1cc(C)c(C(=O)NCC#N)cc1C.